The van der Waals surface area contributed by atoms with Crippen LogP contribution in [0.15, 0.2) is 72.8 Å². The summed E-state index contributed by atoms with van der Waals surface area (Å²) in [4.78, 5) is 29.0. The molecule has 9 nitrogen and oxygen atoms in total. The van der Waals surface area contributed by atoms with Crippen molar-refractivity contribution in [3.05, 3.63) is 89.5 Å². The van der Waals surface area contributed by atoms with Crippen LogP contribution in [0, 0.1) is 6.92 Å². The number of carbonyl (C=O) groups is 2. The predicted octanol–water partition coefficient (Wildman–Crippen LogP) is 4.44. The second kappa shape index (κ2) is 14.2. The lowest BCUT2D eigenvalue weighted by atomic mass is 10.0. The fourth-order valence-electron chi connectivity index (χ4n) is 4.85. The van der Waals surface area contributed by atoms with E-state index < -0.39 is 16.1 Å². The summed E-state index contributed by atoms with van der Waals surface area (Å²) in [6.07, 6.45) is 2.60. The van der Waals surface area contributed by atoms with Crippen molar-refractivity contribution in [1.82, 2.24) is 10.2 Å². The lowest BCUT2D eigenvalue weighted by Gasteiger charge is -2.32. The molecule has 10 heteroatoms. The topological polar surface area (TPSA) is 105 Å². The van der Waals surface area contributed by atoms with Crippen molar-refractivity contribution in [1.29, 1.82) is 0 Å². The number of hydrogen-bond donors (Lipinski definition) is 1. The Morgan fingerprint density at radius 1 is 0.952 bits per heavy atom. The summed E-state index contributed by atoms with van der Waals surface area (Å²) in [5.74, 6) is 0.602. The number of fused-ring (bicyclic) bond motifs is 1. The van der Waals surface area contributed by atoms with Crippen LogP contribution in [0.4, 0.5) is 5.69 Å². The Balaban J connectivity index is 1.56. The van der Waals surface area contributed by atoms with E-state index in [4.69, 9.17) is 9.47 Å². The van der Waals surface area contributed by atoms with E-state index in [-0.39, 0.29) is 44.5 Å². The van der Waals surface area contributed by atoms with Gasteiger partial charge in [-0.3, -0.25) is 13.9 Å². The van der Waals surface area contributed by atoms with Gasteiger partial charge in [-0.25, -0.2) is 8.42 Å². The molecule has 4 rings (SSSR count). The molecule has 0 saturated carbocycles. The van der Waals surface area contributed by atoms with Gasteiger partial charge in [-0.15, -0.1) is 0 Å². The maximum absolute atomic E-state index is 13.9. The minimum Gasteiger partial charge on any atom is -0.454 e. The number of anilines is 1. The molecule has 0 fully saturated rings. The van der Waals surface area contributed by atoms with Crippen LogP contribution >= 0.6 is 0 Å². The van der Waals surface area contributed by atoms with E-state index in [1.54, 1.807) is 23.1 Å². The highest BCUT2D eigenvalue weighted by Crippen LogP contribution is 2.36. The van der Waals surface area contributed by atoms with Gasteiger partial charge in [0, 0.05) is 38.5 Å². The first kappa shape index (κ1) is 30.9. The number of amides is 2. The van der Waals surface area contributed by atoms with E-state index in [1.807, 2.05) is 68.4 Å². The van der Waals surface area contributed by atoms with Crippen LogP contribution in [-0.2, 0) is 32.6 Å². The molecule has 0 spiro atoms. The lowest BCUT2D eigenvalue weighted by molar-refractivity contribution is -0.141. The van der Waals surface area contributed by atoms with Gasteiger partial charge < -0.3 is 19.7 Å². The van der Waals surface area contributed by atoms with Crippen LogP contribution in [0.25, 0.3) is 0 Å². The number of nitrogens with zero attached hydrogens (tertiary/aromatic N) is 2. The van der Waals surface area contributed by atoms with Gasteiger partial charge >= 0.3 is 0 Å². The Labute approximate surface area is 248 Å². The Morgan fingerprint density at radius 2 is 1.67 bits per heavy atom. The summed E-state index contributed by atoms with van der Waals surface area (Å²) < 4.78 is 37.5. The molecular formula is C32H39N3O6S. The Kier molecular flexibility index (Phi) is 10.5. The van der Waals surface area contributed by atoms with Gasteiger partial charge in [0.15, 0.2) is 11.5 Å². The third-order valence-corrected chi connectivity index (χ3v) is 8.28. The monoisotopic (exact) mass is 593 g/mol. The third-order valence-electron chi connectivity index (χ3n) is 7.09. The molecular weight excluding hydrogens is 554 g/mol. The number of nitrogens with one attached hydrogen (secondary N) is 1. The van der Waals surface area contributed by atoms with Gasteiger partial charge in [-0.2, -0.15) is 0 Å². The molecule has 3 aromatic rings. The van der Waals surface area contributed by atoms with Crippen LogP contribution in [0.3, 0.4) is 0 Å². The lowest BCUT2D eigenvalue weighted by Crippen LogP contribution is -2.50. The van der Waals surface area contributed by atoms with Crippen LogP contribution in [-0.4, -0.2) is 57.3 Å². The second-order valence-electron chi connectivity index (χ2n) is 10.5. The zero-order valence-electron chi connectivity index (χ0n) is 24.4. The van der Waals surface area contributed by atoms with E-state index in [9.17, 15) is 18.0 Å². The zero-order valence-corrected chi connectivity index (χ0v) is 25.2. The molecule has 1 atom stereocenters. The van der Waals surface area contributed by atoms with Gasteiger partial charge in [0.1, 0.15) is 6.04 Å². The van der Waals surface area contributed by atoms with Crippen LogP contribution in [0.2, 0.25) is 0 Å². The normalized spacial score (nSPS) is 12.9. The van der Waals surface area contributed by atoms with E-state index in [2.05, 4.69) is 5.32 Å². The van der Waals surface area contributed by atoms with E-state index >= 15 is 0 Å². The summed E-state index contributed by atoms with van der Waals surface area (Å²) in [6, 6.07) is 21.8. The summed E-state index contributed by atoms with van der Waals surface area (Å²) >= 11 is 0. The van der Waals surface area contributed by atoms with Crippen molar-refractivity contribution in [3.63, 3.8) is 0 Å². The maximum Gasteiger partial charge on any atom is 0.243 e. The van der Waals surface area contributed by atoms with E-state index in [0.717, 1.165) is 29.4 Å². The number of ether oxygens (including phenoxy) is 2. The van der Waals surface area contributed by atoms with Crippen molar-refractivity contribution in [2.45, 2.75) is 52.1 Å². The molecule has 0 radical (unpaired) electrons. The van der Waals surface area contributed by atoms with Gasteiger partial charge in [0.05, 0.1) is 11.9 Å². The molecule has 0 aromatic heterocycles. The molecule has 1 aliphatic rings. The van der Waals surface area contributed by atoms with Gasteiger partial charge in [0.25, 0.3) is 0 Å². The maximum atomic E-state index is 13.9. The summed E-state index contributed by atoms with van der Waals surface area (Å²) in [7, 11) is -3.64. The molecule has 1 heterocycles. The first-order chi connectivity index (χ1) is 20.2. The minimum atomic E-state index is -3.64. The highest BCUT2D eigenvalue weighted by atomic mass is 32.2. The van der Waals surface area contributed by atoms with Crippen molar-refractivity contribution < 1.29 is 27.5 Å². The third kappa shape index (κ3) is 8.25. The molecule has 2 amide bonds. The fraction of sp³-hybridized carbons (Fsp3) is 0.375. The largest absolute Gasteiger partial charge is 0.454 e. The molecule has 0 unspecified atom stereocenters. The van der Waals surface area contributed by atoms with Gasteiger partial charge in [-0.1, -0.05) is 67.1 Å². The van der Waals surface area contributed by atoms with E-state index in [1.165, 1.54) is 4.31 Å². The average Bonchev–Trinajstić information content (AvgIpc) is 3.44. The number of hydrogen-bond acceptors (Lipinski definition) is 6. The predicted molar refractivity (Wildman–Crippen MR) is 163 cm³/mol. The fourth-order valence-corrected chi connectivity index (χ4v) is 5.81. The Bertz CT molecular complexity index is 1460. The first-order valence-electron chi connectivity index (χ1n) is 14.2. The summed E-state index contributed by atoms with van der Waals surface area (Å²) in [5, 5.41) is 2.98. The van der Waals surface area contributed by atoms with Gasteiger partial charge in [-0.05, 0) is 43.0 Å². The van der Waals surface area contributed by atoms with Crippen molar-refractivity contribution >= 4 is 27.5 Å². The summed E-state index contributed by atoms with van der Waals surface area (Å²) in [5.41, 5.74) is 3.39. The number of carbonyl (C=O) groups excluding carboxylic acids is 2. The number of rotatable bonds is 14. The van der Waals surface area contributed by atoms with Crippen molar-refractivity contribution in [2.24, 2.45) is 0 Å². The first-order valence-corrected chi connectivity index (χ1v) is 16.0. The standard InChI is InChI=1S/C32H39N3O6S/c1-4-18-33-32(37)28(20-25-9-6-5-7-10-25)34(22-26-14-12-24(2)13-15-26)31(36)11-8-19-35(42(3,38)39)27-16-17-29-30(21-27)41-23-40-29/h5-7,9-10,12-17,21,28H,4,8,11,18-20,22-23H2,1-3H3,(H,33,37)/t28-/m0/s1. The average molecular weight is 594 g/mol. The second-order valence-corrected chi connectivity index (χ2v) is 12.4. The minimum absolute atomic E-state index is 0.0643. The Morgan fingerprint density at radius 3 is 2.36 bits per heavy atom. The highest BCUT2D eigenvalue weighted by molar-refractivity contribution is 7.92. The molecule has 1 N–H and O–H groups in total. The Hall–Kier alpha value is -4.05. The molecule has 224 valence electrons. The smallest absolute Gasteiger partial charge is 0.243 e. The highest BCUT2D eigenvalue weighted by Gasteiger charge is 2.30. The van der Waals surface area contributed by atoms with Gasteiger partial charge in [0.2, 0.25) is 28.6 Å². The molecule has 0 aliphatic carbocycles. The molecule has 42 heavy (non-hydrogen) atoms. The molecule has 0 bridgehead atoms. The number of benzene rings is 3. The zero-order chi connectivity index (χ0) is 30.1. The summed E-state index contributed by atoms with van der Waals surface area (Å²) in [6.45, 7) is 4.92. The number of sulfonamides is 1. The van der Waals surface area contributed by atoms with E-state index in [0.29, 0.717) is 30.2 Å². The van der Waals surface area contributed by atoms with Crippen LogP contribution < -0.4 is 19.1 Å². The molecule has 1 aliphatic heterocycles. The van der Waals surface area contributed by atoms with Crippen LogP contribution in [0.1, 0.15) is 42.9 Å². The van der Waals surface area contributed by atoms with Crippen molar-refractivity contribution in [2.75, 3.05) is 30.4 Å². The number of aryl methyl sites for hydroxylation is 1. The SMILES string of the molecule is CCCNC(=O)[C@H](Cc1ccccc1)N(Cc1ccc(C)cc1)C(=O)CCCN(c1ccc2c(c1)OCO2)S(C)(=O)=O. The quantitative estimate of drug-likeness (QED) is 0.297. The molecule has 0 saturated heterocycles. The molecule has 3 aromatic carbocycles. The van der Waals surface area contributed by atoms with Crippen LogP contribution in [0.5, 0.6) is 11.5 Å². The van der Waals surface area contributed by atoms with Crippen molar-refractivity contribution in [3.8, 4) is 11.5 Å².